The molecule has 5 fully saturated rings. The first kappa shape index (κ1) is 22.7. The van der Waals surface area contributed by atoms with Crippen LogP contribution in [0.15, 0.2) is 29.2 Å². The van der Waals surface area contributed by atoms with Crippen LogP contribution in [0.25, 0.3) is 0 Å². The van der Waals surface area contributed by atoms with Gasteiger partial charge in [-0.15, -0.1) is 0 Å². The Hall–Kier alpha value is -2.13. The van der Waals surface area contributed by atoms with Gasteiger partial charge in [-0.05, 0) is 100 Å². The number of hydrogen-bond acceptors (Lipinski definition) is 4. The van der Waals surface area contributed by atoms with Crippen molar-refractivity contribution in [3.63, 3.8) is 0 Å². The zero-order valence-corrected chi connectivity index (χ0v) is 20.0. The summed E-state index contributed by atoms with van der Waals surface area (Å²) >= 11 is 0. The minimum Gasteiger partial charge on any atom is -0.338 e. The van der Waals surface area contributed by atoms with Crippen LogP contribution in [0.2, 0.25) is 0 Å². The first-order valence-corrected chi connectivity index (χ1v) is 13.7. The first-order chi connectivity index (χ1) is 15.7. The standard InChI is InChI=1S/C24H34N4O4S/c1-25-33(31,32)21-4-2-19(3-5-21)22(29)28-8-6-20(7-9-28)26-23(30)27-24-13-16-10-17(14-24)12-18(11-16)15-24/h2-5,16-18,20,25H,6-15H2,1H3,(H2,26,27,30). The van der Waals surface area contributed by atoms with E-state index in [-0.39, 0.29) is 28.4 Å². The minimum absolute atomic E-state index is 0.00242. The Balaban J connectivity index is 1.11. The van der Waals surface area contributed by atoms with Gasteiger partial charge in [-0.1, -0.05) is 0 Å². The third-order valence-corrected chi connectivity index (χ3v) is 9.64. The largest absolute Gasteiger partial charge is 0.338 e. The molecular formula is C24H34N4O4S. The number of hydrogen-bond donors (Lipinski definition) is 3. The Labute approximate surface area is 195 Å². The van der Waals surface area contributed by atoms with E-state index in [2.05, 4.69) is 15.4 Å². The molecule has 0 spiro atoms. The lowest BCUT2D eigenvalue weighted by molar-refractivity contribution is -0.0137. The first-order valence-electron chi connectivity index (χ1n) is 12.2. The molecule has 1 aromatic carbocycles. The van der Waals surface area contributed by atoms with E-state index < -0.39 is 10.0 Å². The monoisotopic (exact) mass is 474 g/mol. The van der Waals surface area contributed by atoms with Crippen molar-refractivity contribution in [2.75, 3.05) is 20.1 Å². The van der Waals surface area contributed by atoms with Crippen LogP contribution in [0.1, 0.15) is 61.7 Å². The highest BCUT2D eigenvalue weighted by atomic mass is 32.2. The van der Waals surface area contributed by atoms with Crippen molar-refractivity contribution in [3.05, 3.63) is 29.8 Å². The van der Waals surface area contributed by atoms with Crippen LogP contribution in [0, 0.1) is 17.8 Å². The molecule has 5 aliphatic rings. The van der Waals surface area contributed by atoms with Gasteiger partial charge in [-0.25, -0.2) is 17.9 Å². The SMILES string of the molecule is CNS(=O)(=O)c1ccc(C(=O)N2CCC(NC(=O)NC34CC5CC(CC(C5)C3)C4)CC2)cc1. The number of likely N-dealkylation sites (tertiary alicyclic amines) is 1. The minimum atomic E-state index is -3.52. The normalized spacial score (nSPS) is 31.4. The highest BCUT2D eigenvalue weighted by molar-refractivity contribution is 7.89. The zero-order valence-electron chi connectivity index (χ0n) is 19.2. The van der Waals surface area contributed by atoms with Crippen LogP contribution in [0.5, 0.6) is 0 Å². The Bertz CT molecular complexity index is 980. The molecule has 1 saturated heterocycles. The molecule has 1 heterocycles. The summed E-state index contributed by atoms with van der Waals surface area (Å²) in [5.74, 6) is 2.26. The van der Waals surface area contributed by atoms with Crippen LogP contribution in [-0.4, -0.2) is 57.0 Å². The average molecular weight is 475 g/mol. The van der Waals surface area contributed by atoms with E-state index in [1.807, 2.05) is 0 Å². The summed E-state index contributed by atoms with van der Waals surface area (Å²) in [7, 11) is -2.17. The molecule has 0 atom stereocenters. The van der Waals surface area contributed by atoms with Gasteiger partial charge in [0.1, 0.15) is 0 Å². The molecule has 4 saturated carbocycles. The molecule has 3 amide bonds. The molecule has 6 rings (SSSR count). The van der Waals surface area contributed by atoms with Crippen LogP contribution < -0.4 is 15.4 Å². The van der Waals surface area contributed by atoms with Crippen molar-refractivity contribution in [1.29, 1.82) is 0 Å². The number of piperidine rings is 1. The molecule has 9 heteroatoms. The molecule has 8 nitrogen and oxygen atoms in total. The number of sulfonamides is 1. The number of carbonyl (C=O) groups is 2. The second kappa shape index (κ2) is 8.58. The van der Waals surface area contributed by atoms with Crippen molar-refractivity contribution in [2.45, 2.75) is 67.8 Å². The number of amides is 3. The fourth-order valence-electron chi connectivity index (χ4n) is 7.03. The molecule has 180 valence electrons. The lowest BCUT2D eigenvalue weighted by Crippen LogP contribution is -2.62. The van der Waals surface area contributed by atoms with E-state index in [0.717, 1.165) is 37.0 Å². The molecule has 4 aliphatic carbocycles. The van der Waals surface area contributed by atoms with E-state index in [1.54, 1.807) is 17.0 Å². The zero-order chi connectivity index (χ0) is 23.2. The summed E-state index contributed by atoms with van der Waals surface area (Å²) in [5.41, 5.74) is 0.471. The maximum Gasteiger partial charge on any atom is 0.315 e. The number of carbonyl (C=O) groups excluding carboxylic acids is 2. The number of nitrogens with zero attached hydrogens (tertiary/aromatic N) is 1. The van der Waals surface area contributed by atoms with Crippen LogP contribution >= 0.6 is 0 Å². The summed E-state index contributed by atoms with van der Waals surface area (Å²) in [6, 6.07) is 6.00. The Morgan fingerprint density at radius 3 is 2.00 bits per heavy atom. The Kier molecular flexibility index (Phi) is 5.89. The van der Waals surface area contributed by atoms with Gasteiger partial charge in [0.2, 0.25) is 10.0 Å². The second-order valence-electron chi connectivity index (χ2n) is 10.6. The molecule has 3 N–H and O–H groups in total. The van der Waals surface area contributed by atoms with Gasteiger partial charge in [0.15, 0.2) is 0 Å². The highest BCUT2D eigenvalue weighted by Crippen LogP contribution is 2.55. The summed E-state index contributed by atoms with van der Waals surface area (Å²) in [4.78, 5) is 27.6. The summed E-state index contributed by atoms with van der Waals surface area (Å²) in [5, 5.41) is 6.53. The van der Waals surface area contributed by atoms with E-state index in [4.69, 9.17) is 0 Å². The molecule has 33 heavy (non-hydrogen) atoms. The summed E-state index contributed by atoms with van der Waals surface area (Å²) < 4.78 is 26.0. The van der Waals surface area contributed by atoms with Crippen molar-refractivity contribution in [2.24, 2.45) is 17.8 Å². The predicted octanol–water partition coefficient (Wildman–Crippen LogP) is 2.47. The van der Waals surface area contributed by atoms with Gasteiger partial charge in [0.25, 0.3) is 5.91 Å². The predicted molar refractivity (Wildman–Crippen MR) is 124 cm³/mol. The topological polar surface area (TPSA) is 108 Å². The van der Waals surface area contributed by atoms with Crippen molar-refractivity contribution >= 4 is 22.0 Å². The number of nitrogens with one attached hydrogen (secondary N) is 3. The molecular weight excluding hydrogens is 440 g/mol. The van der Waals surface area contributed by atoms with Gasteiger partial charge >= 0.3 is 6.03 Å². The molecule has 1 aliphatic heterocycles. The average Bonchev–Trinajstić information content (AvgIpc) is 2.78. The third kappa shape index (κ3) is 4.62. The van der Waals surface area contributed by atoms with Gasteiger partial charge in [0.05, 0.1) is 4.90 Å². The molecule has 1 aromatic rings. The molecule has 0 aromatic heterocycles. The Morgan fingerprint density at radius 1 is 0.939 bits per heavy atom. The third-order valence-electron chi connectivity index (χ3n) is 8.21. The van der Waals surface area contributed by atoms with E-state index in [9.17, 15) is 18.0 Å². The van der Waals surface area contributed by atoms with Crippen LogP contribution in [0.4, 0.5) is 4.79 Å². The lowest BCUT2D eigenvalue weighted by Gasteiger charge is -2.56. The van der Waals surface area contributed by atoms with Crippen LogP contribution in [0.3, 0.4) is 0 Å². The fraction of sp³-hybridized carbons (Fsp3) is 0.667. The lowest BCUT2D eigenvalue weighted by atomic mass is 9.53. The van der Waals surface area contributed by atoms with Crippen molar-refractivity contribution in [3.8, 4) is 0 Å². The maximum absolute atomic E-state index is 12.8. The molecule has 0 unspecified atom stereocenters. The van der Waals surface area contributed by atoms with E-state index >= 15 is 0 Å². The van der Waals surface area contributed by atoms with Gasteiger partial charge < -0.3 is 15.5 Å². The van der Waals surface area contributed by atoms with Gasteiger partial charge in [0, 0.05) is 30.2 Å². The smallest absolute Gasteiger partial charge is 0.315 e. The number of benzene rings is 1. The fourth-order valence-corrected chi connectivity index (χ4v) is 7.76. The number of urea groups is 1. The quantitative estimate of drug-likeness (QED) is 0.609. The van der Waals surface area contributed by atoms with Crippen molar-refractivity contribution < 1.29 is 18.0 Å². The Morgan fingerprint density at radius 2 is 1.48 bits per heavy atom. The van der Waals surface area contributed by atoms with Crippen molar-refractivity contribution in [1.82, 2.24) is 20.3 Å². The van der Waals surface area contributed by atoms with Gasteiger partial charge in [-0.3, -0.25) is 4.79 Å². The van der Waals surface area contributed by atoms with Crippen LogP contribution in [-0.2, 0) is 10.0 Å². The van der Waals surface area contributed by atoms with E-state index in [0.29, 0.717) is 31.5 Å². The summed E-state index contributed by atoms with van der Waals surface area (Å²) in [6.45, 7) is 1.13. The highest BCUT2D eigenvalue weighted by Gasteiger charge is 2.51. The van der Waals surface area contributed by atoms with Gasteiger partial charge in [-0.2, -0.15) is 0 Å². The maximum atomic E-state index is 12.8. The number of rotatable bonds is 5. The van der Waals surface area contributed by atoms with E-state index in [1.165, 1.54) is 38.4 Å². The molecule has 0 radical (unpaired) electrons. The second-order valence-corrected chi connectivity index (χ2v) is 12.5. The summed E-state index contributed by atoms with van der Waals surface area (Å²) in [6.07, 6.45) is 8.88. The molecule has 4 bridgehead atoms.